The maximum absolute atomic E-state index is 11.9. The fourth-order valence-corrected chi connectivity index (χ4v) is 2.63. The second-order valence-electron chi connectivity index (χ2n) is 6.95. The molecule has 0 radical (unpaired) electrons. The van der Waals surface area contributed by atoms with Gasteiger partial charge in [-0.25, -0.2) is 0 Å². The summed E-state index contributed by atoms with van der Waals surface area (Å²) in [6.45, 7) is 9.02. The zero-order valence-corrected chi connectivity index (χ0v) is 13.6. The van der Waals surface area contributed by atoms with Crippen LogP contribution < -0.4 is 5.46 Å². The molecule has 3 rings (SSSR count). The Hall–Kier alpha value is -1.24. The normalized spacial score (nSPS) is 27.2. The first-order valence-electron chi connectivity index (χ1n) is 7.72. The van der Waals surface area contributed by atoms with Crippen LogP contribution in [-0.2, 0) is 18.8 Å². The molecule has 2 fully saturated rings. The van der Waals surface area contributed by atoms with Crippen molar-refractivity contribution >= 4 is 18.4 Å². The molecule has 1 atom stereocenters. The number of Topliss-reactive ketones (excluding diaryl/α,β-unsaturated/α-hetero) is 1. The van der Waals surface area contributed by atoms with Gasteiger partial charge in [0, 0.05) is 18.1 Å². The van der Waals surface area contributed by atoms with Crippen LogP contribution >= 0.6 is 0 Å². The summed E-state index contributed by atoms with van der Waals surface area (Å²) >= 11 is 0. The van der Waals surface area contributed by atoms with Crippen molar-refractivity contribution in [2.24, 2.45) is 0 Å². The van der Waals surface area contributed by atoms with Crippen LogP contribution in [0, 0.1) is 0 Å². The summed E-state index contributed by atoms with van der Waals surface area (Å²) in [5.74, 6) is -0.0526. The van der Waals surface area contributed by atoms with Gasteiger partial charge < -0.3 is 14.0 Å². The molecule has 118 valence electrons. The lowest BCUT2D eigenvalue weighted by Gasteiger charge is -2.32. The van der Waals surface area contributed by atoms with Crippen LogP contribution in [0.4, 0.5) is 0 Å². The van der Waals surface area contributed by atoms with Gasteiger partial charge in [0.2, 0.25) is 0 Å². The van der Waals surface area contributed by atoms with Gasteiger partial charge in [0.05, 0.1) is 36.0 Å². The SMILES string of the molecule is CC1(C)OB(c2ccc(C3COCCC3=O)nc2)OC1(C)C. The van der Waals surface area contributed by atoms with E-state index in [1.54, 1.807) is 6.20 Å². The molecule has 2 saturated heterocycles. The fourth-order valence-electron chi connectivity index (χ4n) is 2.63. The second-order valence-corrected chi connectivity index (χ2v) is 6.95. The smallest absolute Gasteiger partial charge is 0.399 e. The number of aromatic nitrogens is 1. The maximum Gasteiger partial charge on any atom is 0.496 e. The van der Waals surface area contributed by atoms with E-state index < -0.39 is 7.12 Å². The minimum atomic E-state index is -0.426. The van der Waals surface area contributed by atoms with Gasteiger partial charge in [-0.2, -0.15) is 0 Å². The average Bonchev–Trinajstić information content (AvgIpc) is 2.68. The van der Waals surface area contributed by atoms with Crippen LogP contribution in [0.2, 0.25) is 0 Å². The molecule has 0 amide bonds. The van der Waals surface area contributed by atoms with Crippen molar-refractivity contribution in [2.45, 2.75) is 51.2 Å². The van der Waals surface area contributed by atoms with Crippen molar-refractivity contribution in [3.63, 3.8) is 0 Å². The van der Waals surface area contributed by atoms with Gasteiger partial charge in [0.25, 0.3) is 0 Å². The Morgan fingerprint density at radius 3 is 2.41 bits per heavy atom. The average molecular weight is 303 g/mol. The van der Waals surface area contributed by atoms with Gasteiger partial charge in [0.15, 0.2) is 0 Å². The second kappa shape index (κ2) is 5.44. The van der Waals surface area contributed by atoms with Crippen LogP contribution in [0.1, 0.15) is 45.7 Å². The Morgan fingerprint density at radius 2 is 1.86 bits per heavy atom. The van der Waals surface area contributed by atoms with Crippen LogP contribution in [0.15, 0.2) is 18.3 Å². The molecule has 1 aromatic heterocycles. The third-order valence-electron chi connectivity index (χ3n) is 4.86. The summed E-state index contributed by atoms with van der Waals surface area (Å²) in [7, 11) is -0.426. The Morgan fingerprint density at radius 1 is 1.18 bits per heavy atom. The number of carbonyl (C=O) groups is 1. The number of rotatable bonds is 2. The van der Waals surface area contributed by atoms with E-state index in [2.05, 4.69) is 4.98 Å². The quantitative estimate of drug-likeness (QED) is 0.774. The molecule has 3 heterocycles. The van der Waals surface area contributed by atoms with Crippen molar-refractivity contribution in [3.8, 4) is 0 Å². The van der Waals surface area contributed by atoms with Crippen molar-refractivity contribution in [1.82, 2.24) is 4.98 Å². The molecule has 1 aromatic rings. The largest absolute Gasteiger partial charge is 0.496 e. The lowest BCUT2D eigenvalue weighted by Crippen LogP contribution is -2.41. The predicted molar refractivity (Wildman–Crippen MR) is 83.1 cm³/mol. The van der Waals surface area contributed by atoms with Crippen molar-refractivity contribution < 1.29 is 18.8 Å². The molecule has 1 unspecified atom stereocenters. The van der Waals surface area contributed by atoms with Gasteiger partial charge in [-0.1, -0.05) is 6.07 Å². The zero-order chi connectivity index (χ0) is 16.0. The Bertz CT molecular complexity index is 554. The summed E-state index contributed by atoms with van der Waals surface area (Å²) in [6.07, 6.45) is 2.20. The van der Waals surface area contributed by atoms with Crippen molar-refractivity contribution in [1.29, 1.82) is 0 Å². The van der Waals surface area contributed by atoms with Gasteiger partial charge >= 0.3 is 7.12 Å². The third kappa shape index (κ3) is 2.71. The zero-order valence-electron chi connectivity index (χ0n) is 13.6. The molecule has 2 aliphatic heterocycles. The molecule has 0 spiro atoms. The van der Waals surface area contributed by atoms with Gasteiger partial charge in [0.1, 0.15) is 5.78 Å². The summed E-state index contributed by atoms with van der Waals surface area (Å²) in [5, 5.41) is 0. The van der Waals surface area contributed by atoms with E-state index in [0.717, 1.165) is 11.2 Å². The number of nitrogens with zero attached hydrogens (tertiary/aromatic N) is 1. The number of hydrogen-bond donors (Lipinski definition) is 0. The highest BCUT2D eigenvalue weighted by atomic mass is 16.7. The van der Waals surface area contributed by atoms with E-state index in [4.69, 9.17) is 14.0 Å². The first kappa shape index (κ1) is 15.7. The molecule has 22 heavy (non-hydrogen) atoms. The van der Waals surface area contributed by atoms with E-state index in [1.165, 1.54) is 0 Å². The molecule has 6 heteroatoms. The lowest BCUT2D eigenvalue weighted by molar-refractivity contribution is -0.126. The number of carbonyl (C=O) groups excluding carboxylic acids is 1. The first-order chi connectivity index (χ1) is 10.3. The van der Waals surface area contributed by atoms with E-state index >= 15 is 0 Å². The molecule has 0 aromatic carbocycles. The van der Waals surface area contributed by atoms with E-state index in [1.807, 2.05) is 39.8 Å². The molecule has 0 N–H and O–H groups in total. The van der Waals surface area contributed by atoms with Crippen LogP contribution in [0.25, 0.3) is 0 Å². The van der Waals surface area contributed by atoms with E-state index in [-0.39, 0.29) is 22.9 Å². The first-order valence-corrected chi connectivity index (χ1v) is 7.72. The van der Waals surface area contributed by atoms with Crippen LogP contribution in [0.5, 0.6) is 0 Å². The van der Waals surface area contributed by atoms with Crippen LogP contribution in [-0.4, -0.2) is 42.3 Å². The summed E-state index contributed by atoms with van der Waals surface area (Å²) in [5.41, 5.74) is 0.879. The minimum absolute atomic E-state index is 0.196. The van der Waals surface area contributed by atoms with Gasteiger partial charge in [-0.15, -0.1) is 0 Å². The standard InChI is InChI=1S/C16H22BNO4/c1-15(2)16(3,4)22-17(21-15)11-5-6-13(18-9-11)12-10-20-8-7-14(12)19/h5-6,9,12H,7-8,10H2,1-4H3. The van der Waals surface area contributed by atoms with Gasteiger partial charge in [-0.05, 0) is 33.8 Å². The van der Waals surface area contributed by atoms with Crippen molar-refractivity contribution in [2.75, 3.05) is 13.2 Å². The molecule has 0 bridgehead atoms. The Labute approximate surface area is 131 Å². The molecular weight excluding hydrogens is 281 g/mol. The molecule has 0 aliphatic carbocycles. The Balaban J connectivity index is 1.76. The molecule has 0 saturated carbocycles. The van der Waals surface area contributed by atoms with E-state index in [0.29, 0.717) is 19.6 Å². The number of pyridine rings is 1. The molecular formula is C16H22BNO4. The number of ketones is 1. The highest BCUT2D eigenvalue weighted by Crippen LogP contribution is 2.36. The Kier molecular flexibility index (Phi) is 3.87. The fraction of sp³-hybridized carbons (Fsp3) is 0.625. The monoisotopic (exact) mass is 303 g/mol. The number of ether oxygens (including phenoxy) is 1. The molecule has 5 nitrogen and oxygen atoms in total. The van der Waals surface area contributed by atoms with Gasteiger partial charge in [-0.3, -0.25) is 9.78 Å². The van der Waals surface area contributed by atoms with Crippen LogP contribution in [0.3, 0.4) is 0 Å². The molecule has 2 aliphatic rings. The summed E-state index contributed by atoms with van der Waals surface area (Å²) in [4.78, 5) is 16.4. The van der Waals surface area contributed by atoms with E-state index in [9.17, 15) is 4.79 Å². The summed E-state index contributed by atoms with van der Waals surface area (Å²) in [6, 6.07) is 3.80. The number of hydrogen-bond acceptors (Lipinski definition) is 5. The highest BCUT2D eigenvalue weighted by Gasteiger charge is 2.51. The maximum atomic E-state index is 11.9. The highest BCUT2D eigenvalue weighted by molar-refractivity contribution is 6.62. The lowest BCUT2D eigenvalue weighted by atomic mass is 9.80. The third-order valence-corrected chi connectivity index (χ3v) is 4.86. The topological polar surface area (TPSA) is 57.7 Å². The minimum Gasteiger partial charge on any atom is -0.399 e. The summed E-state index contributed by atoms with van der Waals surface area (Å²) < 4.78 is 17.4. The van der Waals surface area contributed by atoms with Crippen molar-refractivity contribution in [3.05, 3.63) is 24.0 Å². The predicted octanol–water partition coefficient (Wildman–Crippen LogP) is 1.45.